The number of carbonyl (C=O) groups excluding carboxylic acids is 2. The Hall–Kier alpha value is -2.69. The molecule has 2 aliphatic rings. The van der Waals surface area contributed by atoms with Gasteiger partial charge in [-0.25, -0.2) is 19.6 Å². The standard InChI is InChI=1S/C21H25N5O4S/c1-2-30-20(27)15-11-22-21(28)24-17(15)13-31-19-14-5-3-4-6-16(14)23-18(25-19)12-26-7-9-29-10-8-26/h3-6H,2,7-13H2,1H3,(H2,22,24,28). The number of thioether (sulfide) groups is 1. The molecule has 0 aliphatic carbocycles. The molecule has 1 fully saturated rings. The number of urea groups is 1. The van der Waals surface area contributed by atoms with Crippen LogP contribution in [-0.4, -0.2) is 72.1 Å². The Morgan fingerprint density at radius 3 is 2.87 bits per heavy atom. The average molecular weight is 444 g/mol. The first-order valence-corrected chi connectivity index (χ1v) is 11.2. The zero-order valence-electron chi connectivity index (χ0n) is 17.3. The number of nitrogens with one attached hydrogen (secondary N) is 2. The molecule has 1 saturated heterocycles. The van der Waals surface area contributed by atoms with Gasteiger partial charge >= 0.3 is 12.0 Å². The summed E-state index contributed by atoms with van der Waals surface area (Å²) in [4.78, 5) is 35.9. The maximum absolute atomic E-state index is 12.3. The molecule has 1 aromatic heterocycles. The third-order valence-corrected chi connectivity index (χ3v) is 6.03. The summed E-state index contributed by atoms with van der Waals surface area (Å²) in [5, 5.41) is 7.13. The number of fused-ring (bicyclic) bond motifs is 1. The molecular weight excluding hydrogens is 418 g/mol. The van der Waals surface area contributed by atoms with Crippen LogP contribution in [0.4, 0.5) is 4.79 Å². The zero-order valence-corrected chi connectivity index (χ0v) is 18.2. The summed E-state index contributed by atoms with van der Waals surface area (Å²) < 4.78 is 10.6. The van der Waals surface area contributed by atoms with Crippen LogP contribution in [0.5, 0.6) is 0 Å². The van der Waals surface area contributed by atoms with Crippen LogP contribution in [0.3, 0.4) is 0 Å². The number of rotatable bonds is 7. The van der Waals surface area contributed by atoms with Crippen molar-refractivity contribution in [3.05, 3.63) is 41.4 Å². The lowest BCUT2D eigenvalue weighted by Crippen LogP contribution is -2.44. The van der Waals surface area contributed by atoms with Gasteiger partial charge < -0.3 is 20.1 Å². The minimum atomic E-state index is -0.425. The SMILES string of the molecule is CCOC(=O)C1=C(CSc2nc(CN3CCOCC3)nc3ccccc23)NC(=O)NC1. The first kappa shape index (κ1) is 21.5. The third-order valence-electron chi connectivity index (χ3n) is 5.01. The van der Waals surface area contributed by atoms with E-state index in [0.29, 0.717) is 36.8 Å². The summed E-state index contributed by atoms with van der Waals surface area (Å²) in [7, 11) is 0. The maximum atomic E-state index is 12.3. The fraction of sp³-hybridized carbons (Fsp3) is 0.429. The molecule has 4 rings (SSSR count). The van der Waals surface area contributed by atoms with Crippen molar-refractivity contribution in [3.8, 4) is 0 Å². The Kier molecular flexibility index (Phi) is 7.00. The molecular formula is C21H25N5O4S. The second-order valence-corrected chi connectivity index (χ2v) is 8.09. The fourth-order valence-corrected chi connectivity index (χ4v) is 4.47. The summed E-state index contributed by atoms with van der Waals surface area (Å²) in [6.45, 7) is 5.97. The van der Waals surface area contributed by atoms with E-state index in [0.717, 1.165) is 34.8 Å². The first-order chi connectivity index (χ1) is 15.1. The predicted molar refractivity (Wildman–Crippen MR) is 117 cm³/mol. The molecule has 2 N–H and O–H groups in total. The van der Waals surface area contributed by atoms with Gasteiger partial charge in [0.2, 0.25) is 0 Å². The van der Waals surface area contributed by atoms with Crippen molar-refractivity contribution in [1.29, 1.82) is 0 Å². The number of carbonyl (C=O) groups is 2. The molecule has 0 spiro atoms. The molecule has 0 unspecified atom stereocenters. The van der Waals surface area contributed by atoms with E-state index in [1.165, 1.54) is 11.8 Å². The number of para-hydroxylation sites is 1. The van der Waals surface area contributed by atoms with Gasteiger partial charge in [-0.3, -0.25) is 4.90 Å². The number of aromatic nitrogens is 2. The van der Waals surface area contributed by atoms with E-state index in [1.807, 2.05) is 24.3 Å². The molecule has 3 heterocycles. The van der Waals surface area contributed by atoms with Crippen LogP contribution < -0.4 is 10.6 Å². The Labute approximate surface area is 184 Å². The lowest BCUT2D eigenvalue weighted by Gasteiger charge is -2.26. The van der Waals surface area contributed by atoms with Crippen molar-refractivity contribution in [2.24, 2.45) is 0 Å². The van der Waals surface area contributed by atoms with Crippen LogP contribution in [0.25, 0.3) is 10.9 Å². The normalized spacial score (nSPS) is 17.4. The molecule has 0 bridgehead atoms. The van der Waals surface area contributed by atoms with Gasteiger partial charge in [0.05, 0.1) is 44.0 Å². The van der Waals surface area contributed by atoms with Gasteiger partial charge in [-0.1, -0.05) is 30.0 Å². The third kappa shape index (κ3) is 5.33. The number of hydrogen-bond acceptors (Lipinski definition) is 8. The highest BCUT2D eigenvalue weighted by molar-refractivity contribution is 7.99. The first-order valence-electron chi connectivity index (χ1n) is 10.3. The van der Waals surface area contributed by atoms with Crippen molar-refractivity contribution in [2.75, 3.05) is 45.2 Å². The van der Waals surface area contributed by atoms with Gasteiger partial charge in [-0.05, 0) is 13.0 Å². The fourth-order valence-electron chi connectivity index (χ4n) is 3.44. The van der Waals surface area contributed by atoms with Crippen LogP contribution in [0.15, 0.2) is 40.6 Å². The van der Waals surface area contributed by atoms with Gasteiger partial charge in [-0.15, -0.1) is 0 Å². The molecule has 10 heteroatoms. The van der Waals surface area contributed by atoms with Gasteiger partial charge in [0.25, 0.3) is 0 Å². The Bertz CT molecular complexity index is 1010. The molecule has 9 nitrogen and oxygen atoms in total. The lowest BCUT2D eigenvalue weighted by molar-refractivity contribution is -0.138. The van der Waals surface area contributed by atoms with Crippen molar-refractivity contribution in [3.63, 3.8) is 0 Å². The van der Waals surface area contributed by atoms with E-state index in [4.69, 9.17) is 19.4 Å². The highest BCUT2D eigenvalue weighted by Gasteiger charge is 2.24. The van der Waals surface area contributed by atoms with Crippen molar-refractivity contribution < 1.29 is 19.1 Å². The van der Waals surface area contributed by atoms with Crippen LogP contribution in [0.1, 0.15) is 12.7 Å². The molecule has 2 amide bonds. The Morgan fingerprint density at radius 1 is 1.26 bits per heavy atom. The lowest BCUT2D eigenvalue weighted by atomic mass is 10.2. The summed E-state index contributed by atoms with van der Waals surface area (Å²) in [6, 6.07) is 7.53. The van der Waals surface area contributed by atoms with E-state index in [1.54, 1.807) is 6.92 Å². The van der Waals surface area contributed by atoms with Crippen molar-refractivity contribution in [2.45, 2.75) is 18.5 Å². The molecule has 1 aromatic carbocycles. The molecule has 31 heavy (non-hydrogen) atoms. The van der Waals surface area contributed by atoms with Crippen LogP contribution >= 0.6 is 11.8 Å². The Balaban J connectivity index is 1.59. The topological polar surface area (TPSA) is 106 Å². The molecule has 0 atom stereocenters. The number of amides is 2. The van der Waals surface area contributed by atoms with E-state index >= 15 is 0 Å². The van der Waals surface area contributed by atoms with Gasteiger partial charge in [0, 0.05) is 29.9 Å². The maximum Gasteiger partial charge on any atom is 0.337 e. The number of morpholine rings is 1. The zero-order chi connectivity index (χ0) is 21.6. The van der Waals surface area contributed by atoms with Gasteiger partial charge in [0.15, 0.2) is 0 Å². The molecule has 0 saturated carbocycles. The highest BCUT2D eigenvalue weighted by atomic mass is 32.2. The summed E-state index contributed by atoms with van der Waals surface area (Å²) in [5.41, 5.74) is 1.85. The highest BCUT2D eigenvalue weighted by Crippen LogP contribution is 2.28. The minimum absolute atomic E-state index is 0.146. The summed E-state index contributed by atoms with van der Waals surface area (Å²) >= 11 is 1.47. The van der Waals surface area contributed by atoms with E-state index in [-0.39, 0.29) is 19.2 Å². The second kappa shape index (κ2) is 10.1. The van der Waals surface area contributed by atoms with Gasteiger partial charge in [0.1, 0.15) is 10.9 Å². The quantitative estimate of drug-likeness (QED) is 0.378. The van der Waals surface area contributed by atoms with Gasteiger partial charge in [-0.2, -0.15) is 0 Å². The predicted octanol–water partition coefficient (Wildman–Crippen LogP) is 1.68. The number of esters is 1. The average Bonchev–Trinajstić information content (AvgIpc) is 2.78. The van der Waals surface area contributed by atoms with E-state index in [2.05, 4.69) is 15.5 Å². The Morgan fingerprint density at radius 2 is 2.06 bits per heavy atom. The van der Waals surface area contributed by atoms with Crippen LogP contribution in [-0.2, 0) is 20.8 Å². The second-order valence-electron chi connectivity index (χ2n) is 7.12. The largest absolute Gasteiger partial charge is 0.463 e. The number of nitrogens with zero attached hydrogens (tertiary/aromatic N) is 3. The molecule has 2 aromatic rings. The monoisotopic (exact) mass is 443 g/mol. The minimum Gasteiger partial charge on any atom is -0.463 e. The van der Waals surface area contributed by atoms with Crippen LogP contribution in [0.2, 0.25) is 0 Å². The number of hydrogen-bond donors (Lipinski definition) is 2. The summed E-state index contributed by atoms with van der Waals surface area (Å²) in [6.07, 6.45) is 0. The number of ether oxygens (including phenoxy) is 2. The van der Waals surface area contributed by atoms with Crippen LogP contribution in [0, 0.1) is 0 Å². The molecule has 2 aliphatic heterocycles. The number of benzene rings is 1. The van der Waals surface area contributed by atoms with E-state index < -0.39 is 5.97 Å². The van der Waals surface area contributed by atoms with E-state index in [9.17, 15) is 9.59 Å². The smallest absolute Gasteiger partial charge is 0.337 e. The van der Waals surface area contributed by atoms with Crippen molar-refractivity contribution in [1.82, 2.24) is 25.5 Å². The summed E-state index contributed by atoms with van der Waals surface area (Å²) in [5.74, 6) is 0.711. The molecule has 164 valence electrons. The van der Waals surface area contributed by atoms with Crippen molar-refractivity contribution >= 4 is 34.7 Å². The molecule has 0 radical (unpaired) electrons.